The first-order valence-electron chi connectivity index (χ1n) is 14.6. The summed E-state index contributed by atoms with van der Waals surface area (Å²) in [6.45, 7) is 9.60. The molecule has 1 fully saturated rings. The maximum absolute atomic E-state index is 16.3. The zero-order valence-electron chi connectivity index (χ0n) is 24.6. The van der Waals surface area contributed by atoms with Gasteiger partial charge >= 0.3 is 5.69 Å². The van der Waals surface area contributed by atoms with Gasteiger partial charge in [0.25, 0.3) is 0 Å². The standard InChI is InChI=1S/C32H32ClFN6O3S/c1-4-25(41)38-12-14-39(15-13-38)30-20-18-22(34)28-26-21(33)8-7-9-24(26)44-17-6-5-16-43-23-10-11-35-27(19(2)3)29(23)40(31(20)36-28)32(42)37-30/h4,7-11,18-19H,1,5-6,12-17H2,2-3H3. The van der Waals surface area contributed by atoms with Gasteiger partial charge in [-0.1, -0.05) is 38.1 Å². The quantitative estimate of drug-likeness (QED) is 0.259. The normalized spacial score (nSPS) is 15.5. The molecule has 0 unspecified atom stereocenters. The summed E-state index contributed by atoms with van der Waals surface area (Å²) in [7, 11) is 0. The highest BCUT2D eigenvalue weighted by Crippen LogP contribution is 2.40. The van der Waals surface area contributed by atoms with Crippen LogP contribution in [0.1, 0.15) is 38.3 Å². The van der Waals surface area contributed by atoms with Crippen LogP contribution in [0.5, 0.6) is 5.75 Å². The number of rotatable bonds is 3. The van der Waals surface area contributed by atoms with Crippen LogP contribution in [0.4, 0.5) is 10.2 Å². The Hall–Kier alpha value is -3.96. The maximum Gasteiger partial charge on any atom is 0.356 e. The molecule has 0 spiro atoms. The zero-order chi connectivity index (χ0) is 31.0. The van der Waals surface area contributed by atoms with Crippen LogP contribution in [0.2, 0.25) is 5.02 Å². The fourth-order valence-electron chi connectivity index (χ4n) is 5.63. The lowest BCUT2D eigenvalue weighted by Crippen LogP contribution is -2.49. The van der Waals surface area contributed by atoms with Crippen molar-refractivity contribution in [3.05, 3.63) is 76.2 Å². The fraction of sp³-hybridized carbons (Fsp3) is 0.344. The molecule has 1 aromatic carbocycles. The number of ether oxygens (including phenoxy) is 1. The minimum Gasteiger partial charge on any atom is -0.491 e. The molecule has 0 N–H and O–H groups in total. The fourth-order valence-corrected chi connectivity index (χ4v) is 7.04. The zero-order valence-corrected chi connectivity index (χ0v) is 26.1. The number of anilines is 1. The van der Waals surface area contributed by atoms with Gasteiger partial charge in [-0.2, -0.15) is 4.98 Å². The number of hydrogen-bond acceptors (Lipinski definition) is 8. The van der Waals surface area contributed by atoms with Gasteiger partial charge in [-0.05, 0) is 48.8 Å². The Balaban J connectivity index is 1.66. The molecule has 0 saturated carbocycles. The summed E-state index contributed by atoms with van der Waals surface area (Å²) in [5, 5.41) is 0.722. The summed E-state index contributed by atoms with van der Waals surface area (Å²) in [6.07, 6.45) is 4.59. The molecule has 2 aliphatic heterocycles. The second-order valence-electron chi connectivity index (χ2n) is 11.0. The van der Waals surface area contributed by atoms with Gasteiger partial charge in [0.1, 0.15) is 28.8 Å². The lowest BCUT2D eigenvalue weighted by atomic mass is 10.1. The number of benzene rings is 1. The Kier molecular flexibility index (Phi) is 8.59. The molecule has 1 saturated heterocycles. The van der Waals surface area contributed by atoms with E-state index >= 15 is 4.39 Å². The molecule has 9 nitrogen and oxygen atoms in total. The van der Waals surface area contributed by atoms with Crippen LogP contribution in [-0.2, 0) is 4.79 Å². The van der Waals surface area contributed by atoms with E-state index in [1.165, 1.54) is 16.7 Å². The van der Waals surface area contributed by atoms with E-state index in [-0.39, 0.29) is 23.2 Å². The minimum absolute atomic E-state index is 0.0480. The van der Waals surface area contributed by atoms with Crippen LogP contribution >= 0.6 is 23.4 Å². The Morgan fingerprint density at radius 2 is 1.95 bits per heavy atom. The predicted octanol–water partition coefficient (Wildman–Crippen LogP) is 5.86. The molecule has 3 aromatic heterocycles. The van der Waals surface area contributed by atoms with Crippen LogP contribution in [-0.4, -0.2) is 68.9 Å². The van der Waals surface area contributed by atoms with Crippen LogP contribution in [0.25, 0.3) is 28.0 Å². The lowest BCUT2D eigenvalue weighted by molar-refractivity contribution is -0.126. The molecule has 4 aromatic rings. The van der Waals surface area contributed by atoms with Gasteiger partial charge in [-0.15, -0.1) is 11.8 Å². The molecule has 0 radical (unpaired) electrons. The molecular formula is C32H32ClFN6O3S. The first kappa shape index (κ1) is 30.1. The van der Waals surface area contributed by atoms with Crippen molar-refractivity contribution in [1.29, 1.82) is 0 Å². The van der Waals surface area contributed by atoms with Crippen molar-refractivity contribution in [3.63, 3.8) is 0 Å². The number of amides is 1. The van der Waals surface area contributed by atoms with E-state index in [1.807, 2.05) is 30.9 Å². The maximum atomic E-state index is 16.3. The lowest BCUT2D eigenvalue weighted by Gasteiger charge is -2.35. The van der Waals surface area contributed by atoms with Crippen LogP contribution < -0.4 is 15.3 Å². The Morgan fingerprint density at radius 1 is 1.16 bits per heavy atom. The summed E-state index contributed by atoms with van der Waals surface area (Å²) < 4.78 is 23.9. The highest BCUT2D eigenvalue weighted by molar-refractivity contribution is 7.99. The summed E-state index contributed by atoms with van der Waals surface area (Å²) in [5.74, 6) is 0.746. The Morgan fingerprint density at radius 3 is 2.70 bits per heavy atom. The number of halogens is 2. The molecule has 0 atom stereocenters. The van der Waals surface area contributed by atoms with E-state index in [0.29, 0.717) is 71.7 Å². The smallest absolute Gasteiger partial charge is 0.356 e. The highest BCUT2D eigenvalue weighted by Gasteiger charge is 2.28. The van der Waals surface area contributed by atoms with Crippen LogP contribution in [0, 0.1) is 5.82 Å². The van der Waals surface area contributed by atoms with Crippen molar-refractivity contribution in [1.82, 2.24) is 24.4 Å². The Bertz CT molecular complexity index is 1820. The summed E-state index contributed by atoms with van der Waals surface area (Å²) >= 11 is 8.30. The molecule has 228 valence electrons. The Labute approximate surface area is 263 Å². The number of carbonyl (C=O) groups excluding carboxylic acids is 1. The molecule has 6 rings (SSSR count). The van der Waals surface area contributed by atoms with E-state index in [1.54, 1.807) is 35.0 Å². The van der Waals surface area contributed by atoms with Crippen molar-refractivity contribution in [2.24, 2.45) is 0 Å². The third-order valence-corrected chi connectivity index (χ3v) is 9.28. The predicted molar refractivity (Wildman–Crippen MR) is 172 cm³/mol. The van der Waals surface area contributed by atoms with Crippen molar-refractivity contribution < 1.29 is 13.9 Å². The SMILES string of the molecule is C=CC(=O)N1CCN(c2nc(=O)n3c4nc(c(F)cc24)-c2c(Cl)cccc2SCCCCOc2ccnc(C(C)C)c2-3)CC1. The molecule has 12 heteroatoms. The van der Waals surface area contributed by atoms with Gasteiger partial charge in [0.2, 0.25) is 5.91 Å². The van der Waals surface area contributed by atoms with Gasteiger partial charge in [0, 0.05) is 48.9 Å². The number of aromatic nitrogens is 4. The molecule has 2 aliphatic rings. The minimum atomic E-state index is -0.595. The number of pyridine rings is 2. The van der Waals surface area contributed by atoms with Gasteiger partial charge < -0.3 is 14.5 Å². The second kappa shape index (κ2) is 12.6. The van der Waals surface area contributed by atoms with Crippen LogP contribution in [0.3, 0.4) is 0 Å². The van der Waals surface area contributed by atoms with E-state index in [2.05, 4.69) is 16.5 Å². The molecule has 5 heterocycles. The molecule has 1 amide bonds. The summed E-state index contributed by atoms with van der Waals surface area (Å²) in [6, 6.07) is 8.58. The summed E-state index contributed by atoms with van der Waals surface area (Å²) in [5.41, 5.74) is 1.22. The highest BCUT2D eigenvalue weighted by atomic mass is 35.5. The van der Waals surface area contributed by atoms with E-state index in [0.717, 1.165) is 23.5 Å². The van der Waals surface area contributed by atoms with Gasteiger partial charge in [0.05, 0.1) is 22.7 Å². The monoisotopic (exact) mass is 634 g/mol. The van der Waals surface area contributed by atoms with Crippen LogP contribution in [0.15, 0.2) is 58.9 Å². The van der Waals surface area contributed by atoms with Crippen molar-refractivity contribution in [3.8, 4) is 22.7 Å². The number of carbonyl (C=O) groups is 1. The first-order valence-corrected chi connectivity index (χ1v) is 16.0. The number of piperazine rings is 1. The summed E-state index contributed by atoms with van der Waals surface area (Å²) in [4.78, 5) is 44.7. The topological polar surface area (TPSA) is 93.5 Å². The van der Waals surface area contributed by atoms with Crippen molar-refractivity contribution in [2.75, 3.05) is 43.4 Å². The largest absolute Gasteiger partial charge is 0.491 e. The number of nitrogens with zero attached hydrogens (tertiary/aromatic N) is 6. The molecular weight excluding hydrogens is 603 g/mol. The number of fused-ring (bicyclic) bond motifs is 5. The molecule has 2 bridgehead atoms. The van der Waals surface area contributed by atoms with Gasteiger partial charge in [0.15, 0.2) is 5.65 Å². The first-order chi connectivity index (χ1) is 21.3. The number of thioether (sulfide) groups is 1. The van der Waals surface area contributed by atoms with Gasteiger partial charge in [-0.25, -0.2) is 18.7 Å². The van der Waals surface area contributed by atoms with Crippen molar-refractivity contribution in [2.45, 2.75) is 37.5 Å². The second-order valence-corrected chi connectivity index (χ2v) is 12.5. The van der Waals surface area contributed by atoms with Gasteiger partial charge in [-0.3, -0.25) is 9.78 Å². The van der Waals surface area contributed by atoms with Crippen molar-refractivity contribution >= 4 is 46.1 Å². The number of hydrogen-bond donors (Lipinski definition) is 0. The average Bonchev–Trinajstić information content (AvgIpc) is 3.02. The van der Waals surface area contributed by atoms with E-state index < -0.39 is 11.5 Å². The third kappa shape index (κ3) is 5.54. The van der Waals surface area contributed by atoms with E-state index in [4.69, 9.17) is 21.3 Å². The van der Waals surface area contributed by atoms with E-state index in [9.17, 15) is 9.59 Å². The molecule has 44 heavy (non-hydrogen) atoms. The third-order valence-electron chi connectivity index (χ3n) is 7.82. The molecule has 0 aliphatic carbocycles. The average molecular weight is 635 g/mol.